The Morgan fingerprint density at radius 2 is 1.91 bits per heavy atom. The Hall–Kier alpha value is -1.60. The topological polar surface area (TPSA) is 87.3 Å². The molecule has 2 aliphatic carbocycles. The van der Waals surface area contributed by atoms with Crippen LogP contribution in [0.3, 0.4) is 0 Å². The summed E-state index contributed by atoms with van der Waals surface area (Å²) in [5.74, 6) is -0.293. The molecule has 0 saturated heterocycles. The standard InChI is InChI=1S/C16H23N3O3S/c1-17-15(20)13-8-12(23(21,22)18-2)4-5-14(13)19-11-9-16(10-11)6-3-7-16/h4-5,8,11,18-19H,3,6-7,9-10H2,1-2H3,(H,17,20). The zero-order valence-corrected chi connectivity index (χ0v) is 14.3. The summed E-state index contributed by atoms with van der Waals surface area (Å²) in [7, 11) is -0.676. The minimum absolute atomic E-state index is 0.0909. The Morgan fingerprint density at radius 3 is 2.43 bits per heavy atom. The normalized spacial score (nSPS) is 19.7. The largest absolute Gasteiger partial charge is 0.382 e. The van der Waals surface area contributed by atoms with E-state index >= 15 is 0 Å². The number of carbonyl (C=O) groups is 1. The number of carbonyl (C=O) groups excluding carboxylic acids is 1. The van der Waals surface area contributed by atoms with Gasteiger partial charge in [0.15, 0.2) is 0 Å². The fourth-order valence-electron chi connectivity index (χ4n) is 3.65. The third-order valence-electron chi connectivity index (χ3n) is 5.17. The number of rotatable bonds is 5. The van der Waals surface area contributed by atoms with E-state index in [2.05, 4.69) is 15.4 Å². The lowest BCUT2D eigenvalue weighted by molar-refractivity contribution is 0.0192. The van der Waals surface area contributed by atoms with E-state index in [0.29, 0.717) is 22.7 Å². The van der Waals surface area contributed by atoms with Crippen LogP contribution in [0.25, 0.3) is 0 Å². The molecule has 7 heteroatoms. The summed E-state index contributed by atoms with van der Waals surface area (Å²) in [6.45, 7) is 0. The van der Waals surface area contributed by atoms with Crippen LogP contribution in [0.2, 0.25) is 0 Å². The number of hydrogen-bond donors (Lipinski definition) is 3. The molecule has 126 valence electrons. The van der Waals surface area contributed by atoms with Gasteiger partial charge in [-0.25, -0.2) is 13.1 Å². The average molecular weight is 337 g/mol. The molecule has 3 N–H and O–H groups in total. The van der Waals surface area contributed by atoms with Gasteiger partial charge in [0, 0.05) is 18.8 Å². The summed E-state index contributed by atoms with van der Waals surface area (Å²) in [5.41, 5.74) is 1.59. The van der Waals surface area contributed by atoms with Crippen LogP contribution in [0.4, 0.5) is 5.69 Å². The van der Waals surface area contributed by atoms with Crippen molar-refractivity contribution < 1.29 is 13.2 Å². The van der Waals surface area contributed by atoms with E-state index in [9.17, 15) is 13.2 Å². The van der Waals surface area contributed by atoms with E-state index < -0.39 is 10.0 Å². The van der Waals surface area contributed by atoms with Gasteiger partial charge in [0.05, 0.1) is 10.5 Å². The van der Waals surface area contributed by atoms with Crippen LogP contribution in [0.1, 0.15) is 42.5 Å². The van der Waals surface area contributed by atoms with Crippen molar-refractivity contribution in [2.24, 2.45) is 5.41 Å². The summed E-state index contributed by atoms with van der Waals surface area (Å²) >= 11 is 0. The quantitative estimate of drug-likeness (QED) is 0.763. The van der Waals surface area contributed by atoms with Gasteiger partial charge < -0.3 is 10.6 Å². The SMILES string of the molecule is CNC(=O)c1cc(S(=O)(=O)NC)ccc1NC1CC2(CCC2)C1. The molecular weight excluding hydrogens is 314 g/mol. The van der Waals surface area contributed by atoms with Gasteiger partial charge in [-0.3, -0.25) is 4.79 Å². The second kappa shape index (κ2) is 5.79. The van der Waals surface area contributed by atoms with Gasteiger partial charge in [0.1, 0.15) is 0 Å². The molecular formula is C16H23N3O3S. The van der Waals surface area contributed by atoms with Crippen LogP contribution in [0.5, 0.6) is 0 Å². The zero-order chi connectivity index (χ0) is 16.7. The Bertz CT molecular complexity index is 718. The number of sulfonamides is 1. The van der Waals surface area contributed by atoms with Crippen molar-refractivity contribution in [3.8, 4) is 0 Å². The third kappa shape index (κ3) is 2.95. The van der Waals surface area contributed by atoms with Gasteiger partial charge in [-0.05, 0) is 56.3 Å². The van der Waals surface area contributed by atoms with Crippen LogP contribution < -0.4 is 15.4 Å². The first-order valence-corrected chi connectivity index (χ1v) is 9.44. The molecule has 0 aromatic heterocycles. The zero-order valence-electron chi connectivity index (χ0n) is 13.5. The maximum atomic E-state index is 12.1. The Morgan fingerprint density at radius 1 is 1.22 bits per heavy atom. The molecule has 23 heavy (non-hydrogen) atoms. The minimum Gasteiger partial charge on any atom is -0.382 e. The molecule has 1 aromatic rings. The smallest absolute Gasteiger partial charge is 0.253 e. The molecule has 0 bridgehead atoms. The minimum atomic E-state index is -3.57. The van der Waals surface area contributed by atoms with Crippen molar-refractivity contribution in [3.63, 3.8) is 0 Å². The summed E-state index contributed by atoms with van der Waals surface area (Å²) in [6, 6.07) is 4.99. The average Bonchev–Trinajstić information content (AvgIpc) is 2.47. The molecule has 1 spiro atoms. The van der Waals surface area contributed by atoms with E-state index in [4.69, 9.17) is 0 Å². The molecule has 1 aromatic carbocycles. The molecule has 2 fully saturated rings. The summed E-state index contributed by atoms with van der Waals surface area (Å²) in [4.78, 5) is 12.2. The van der Waals surface area contributed by atoms with E-state index in [1.54, 1.807) is 6.07 Å². The first-order valence-electron chi connectivity index (χ1n) is 7.95. The Balaban J connectivity index is 1.83. The molecule has 6 nitrogen and oxygen atoms in total. The molecule has 2 aliphatic rings. The number of amides is 1. The van der Waals surface area contributed by atoms with Gasteiger partial charge in [-0.15, -0.1) is 0 Å². The van der Waals surface area contributed by atoms with Crippen LogP contribution >= 0.6 is 0 Å². The Kier molecular flexibility index (Phi) is 4.10. The maximum Gasteiger partial charge on any atom is 0.253 e. The van der Waals surface area contributed by atoms with Gasteiger partial charge in [0.2, 0.25) is 10.0 Å². The fourth-order valence-corrected chi connectivity index (χ4v) is 4.41. The highest BCUT2D eigenvalue weighted by atomic mass is 32.2. The van der Waals surface area contributed by atoms with Gasteiger partial charge >= 0.3 is 0 Å². The molecule has 0 heterocycles. The molecule has 0 radical (unpaired) electrons. The van der Waals surface area contributed by atoms with E-state index in [-0.39, 0.29) is 10.8 Å². The molecule has 3 rings (SSSR count). The third-order valence-corrected chi connectivity index (χ3v) is 6.59. The van der Waals surface area contributed by atoms with Gasteiger partial charge in [-0.2, -0.15) is 0 Å². The first-order chi connectivity index (χ1) is 10.9. The number of nitrogens with one attached hydrogen (secondary N) is 3. The van der Waals surface area contributed by atoms with Crippen molar-refractivity contribution in [1.29, 1.82) is 0 Å². The Labute approximate surface area is 137 Å². The van der Waals surface area contributed by atoms with E-state index in [0.717, 1.165) is 12.8 Å². The van der Waals surface area contributed by atoms with Crippen molar-refractivity contribution in [2.75, 3.05) is 19.4 Å². The molecule has 0 aliphatic heterocycles. The summed E-state index contributed by atoms with van der Waals surface area (Å²) < 4.78 is 26.1. The lowest BCUT2D eigenvalue weighted by Gasteiger charge is -2.54. The van der Waals surface area contributed by atoms with Crippen LogP contribution in [0, 0.1) is 5.41 Å². The maximum absolute atomic E-state index is 12.1. The van der Waals surface area contributed by atoms with Crippen molar-refractivity contribution in [3.05, 3.63) is 23.8 Å². The highest BCUT2D eigenvalue weighted by molar-refractivity contribution is 7.89. The van der Waals surface area contributed by atoms with Gasteiger partial charge in [-0.1, -0.05) is 6.42 Å². The van der Waals surface area contributed by atoms with Crippen LogP contribution in [-0.4, -0.2) is 34.5 Å². The second-order valence-electron chi connectivity index (χ2n) is 6.60. The fraction of sp³-hybridized carbons (Fsp3) is 0.562. The highest BCUT2D eigenvalue weighted by Crippen LogP contribution is 2.56. The summed E-state index contributed by atoms with van der Waals surface area (Å²) in [6.07, 6.45) is 6.22. The molecule has 0 unspecified atom stereocenters. The van der Waals surface area contributed by atoms with Crippen molar-refractivity contribution in [2.45, 2.75) is 43.0 Å². The lowest BCUT2D eigenvalue weighted by Crippen LogP contribution is -2.49. The van der Waals surface area contributed by atoms with Crippen LogP contribution in [-0.2, 0) is 10.0 Å². The van der Waals surface area contributed by atoms with Crippen molar-refractivity contribution >= 4 is 21.6 Å². The molecule has 1 amide bonds. The lowest BCUT2D eigenvalue weighted by atomic mass is 9.54. The first kappa shape index (κ1) is 16.3. The van der Waals surface area contributed by atoms with Crippen molar-refractivity contribution in [1.82, 2.24) is 10.0 Å². The number of benzene rings is 1. The number of hydrogen-bond acceptors (Lipinski definition) is 4. The predicted molar refractivity (Wildman–Crippen MR) is 89.0 cm³/mol. The number of anilines is 1. The van der Waals surface area contributed by atoms with Gasteiger partial charge in [0.25, 0.3) is 5.91 Å². The second-order valence-corrected chi connectivity index (χ2v) is 8.48. The highest BCUT2D eigenvalue weighted by Gasteiger charge is 2.48. The summed E-state index contributed by atoms with van der Waals surface area (Å²) in [5, 5.41) is 5.98. The molecule has 0 atom stereocenters. The molecule has 2 saturated carbocycles. The van der Waals surface area contributed by atoms with Crippen LogP contribution in [0.15, 0.2) is 23.1 Å². The predicted octanol–water partition coefficient (Wildman–Crippen LogP) is 1.70. The van der Waals surface area contributed by atoms with E-state index in [1.807, 2.05) is 0 Å². The van der Waals surface area contributed by atoms with E-state index in [1.165, 1.54) is 45.5 Å². The monoisotopic (exact) mass is 337 g/mol.